The van der Waals surface area contributed by atoms with Crippen molar-refractivity contribution in [3.63, 3.8) is 0 Å². The van der Waals surface area contributed by atoms with Crippen LogP contribution in [0.5, 0.6) is 0 Å². The van der Waals surface area contributed by atoms with E-state index in [1.807, 2.05) is 7.05 Å². The number of nitrogens with one attached hydrogen (secondary N) is 2. The molecule has 2 N–H and O–H groups in total. The van der Waals surface area contributed by atoms with Crippen molar-refractivity contribution in [3.05, 3.63) is 0 Å². The van der Waals surface area contributed by atoms with E-state index >= 15 is 0 Å². The van der Waals surface area contributed by atoms with Gasteiger partial charge in [0.15, 0.2) is 0 Å². The molecule has 1 rings (SSSR count). The van der Waals surface area contributed by atoms with Gasteiger partial charge in [-0.25, -0.2) is 0 Å². The van der Waals surface area contributed by atoms with Crippen LogP contribution in [0.4, 0.5) is 0 Å². The van der Waals surface area contributed by atoms with Gasteiger partial charge in [-0.1, -0.05) is 0 Å². The second-order valence-electron chi connectivity index (χ2n) is 2.90. The van der Waals surface area contributed by atoms with Gasteiger partial charge in [-0.2, -0.15) is 0 Å². The van der Waals surface area contributed by atoms with Crippen molar-refractivity contribution >= 4 is 17.7 Å². The van der Waals surface area contributed by atoms with Crippen LogP contribution in [0.15, 0.2) is 0 Å². The molecule has 1 fully saturated rings. The zero-order valence-corrected chi connectivity index (χ0v) is 8.25. The van der Waals surface area contributed by atoms with E-state index in [-0.39, 0.29) is 11.2 Å². The average Bonchev–Trinajstić information content (AvgIpc) is 2.56. The summed E-state index contributed by atoms with van der Waals surface area (Å²) in [6, 6.07) is 0. The molecule has 3 nitrogen and oxygen atoms in total. The van der Waals surface area contributed by atoms with E-state index in [4.69, 9.17) is 0 Å². The van der Waals surface area contributed by atoms with Crippen molar-refractivity contribution in [1.82, 2.24) is 10.6 Å². The maximum absolute atomic E-state index is 11.4. The standard InChI is InChI=1S/C8H16N2OS/c1-9-4-5-10-8(11)7-3-2-6-12-7/h7,9H,2-6H2,1H3,(H,10,11). The Hall–Kier alpha value is -0.220. The van der Waals surface area contributed by atoms with Crippen molar-refractivity contribution < 1.29 is 4.79 Å². The van der Waals surface area contributed by atoms with E-state index in [2.05, 4.69) is 10.6 Å². The number of carbonyl (C=O) groups excluding carboxylic acids is 1. The minimum absolute atomic E-state index is 0.216. The number of thioether (sulfide) groups is 1. The van der Waals surface area contributed by atoms with E-state index in [1.54, 1.807) is 11.8 Å². The third kappa shape index (κ3) is 3.03. The molecule has 0 bridgehead atoms. The van der Waals surface area contributed by atoms with Crippen LogP contribution in [-0.2, 0) is 4.79 Å². The van der Waals surface area contributed by atoms with Gasteiger partial charge in [-0.05, 0) is 25.6 Å². The molecule has 0 aromatic heterocycles. The number of hydrogen-bond donors (Lipinski definition) is 2. The lowest BCUT2D eigenvalue weighted by Gasteiger charge is -2.08. The van der Waals surface area contributed by atoms with E-state index in [9.17, 15) is 4.79 Å². The zero-order chi connectivity index (χ0) is 8.81. The highest BCUT2D eigenvalue weighted by Crippen LogP contribution is 2.25. The molecule has 0 radical (unpaired) electrons. The topological polar surface area (TPSA) is 41.1 Å². The predicted molar refractivity (Wildman–Crippen MR) is 52.4 cm³/mol. The first-order chi connectivity index (χ1) is 5.84. The fourth-order valence-corrected chi connectivity index (χ4v) is 2.39. The van der Waals surface area contributed by atoms with Crippen LogP contribution in [-0.4, -0.2) is 37.0 Å². The fourth-order valence-electron chi connectivity index (χ4n) is 1.21. The van der Waals surface area contributed by atoms with Crippen molar-refractivity contribution in [2.75, 3.05) is 25.9 Å². The first-order valence-electron chi connectivity index (χ1n) is 4.38. The Bertz CT molecular complexity index is 146. The summed E-state index contributed by atoms with van der Waals surface area (Å²) in [6.45, 7) is 1.59. The van der Waals surface area contributed by atoms with Crippen LogP contribution in [0.2, 0.25) is 0 Å². The van der Waals surface area contributed by atoms with Crippen LogP contribution in [0.3, 0.4) is 0 Å². The van der Waals surface area contributed by atoms with E-state index < -0.39 is 0 Å². The highest BCUT2D eigenvalue weighted by molar-refractivity contribution is 8.00. The highest BCUT2D eigenvalue weighted by Gasteiger charge is 2.22. The molecule has 12 heavy (non-hydrogen) atoms. The van der Waals surface area contributed by atoms with Gasteiger partial charge in [0.25, 0.3) is 0 Å². The lowest BCUT2D eigenvalue weighted by molar-refractivity contribution is -0.120. The maximum Gasteiger partial charge on any atom is 0.233 e. The quantitative estimate of drug-likeness (QED) is 0.620. The molecule has 4 heteroatoms. The number of rotatable bonds is 4. The molecular weight excluding hydrogens is 172 g/mol. The van der Waals surface area contributed by atoms with E-state index in [0.717, 1.165) is 25.3 Å². The van der Waals surface area contributed by atoms with Crippen molar-refractivity contribution in [1.29, 1.82) is 0 Å². The third-order valence-electron chi connectivity index (χ3n) is 1.90. The highest BCUT2D eigenvalue weighted by atomic mass is 32.2. The van der Waals surface area contributed by atoms with Crippen LogP contribution < -0.4 is 10.6 Å². The van der Waals surface area contributed by atoms with Gasteiger partial charge in [0.2, 0.25) is 5.91 Å². The van der Waals surface area contributed by atoms with E-state index in [1.165, 1.54) is 6.42 Å². The van der Waals surface area contributed by atoms with E-state index in [0.29, 0.717) is 0 Å². The van der Waals surface area contributed by atoms with Gasteiger partial charge < -0.3 is 10.6 Å². The summed E-state index contributed by atoms with van der Waals surface area (Å²) in [5.41, 5.74) is 0. The van der Waals surface area contributed by atoms with Gasteiger partial charge in [0.05, 0.1) is 5.25 Å². The monoisotopic (exact) mass is 188 g/mol. The second-order valence-corrected chi connectivity index (χ2v) is 4.21. The number of carbonyl (C=O) groups is 1. The summed E-state index contributed by atoms with van der Waals surface area (Å²) in [6.07, 6.45) is 2.24. The Morgan fingerprint density at radius 1 is 1.58 bits per heavy atom. The lowest BCUT2D eigenvalue weighted by Crippen LogP contribution is -2.35. The third-order valence-corrected chi connectivity index (χ3v) is 3.27. The Morgan fingerprint density at radius 3 is 3.00 bits per heavy atom. The Balaban J connectivity index is 2.10. The predicted octanol–water partition coefficient (Wildman–Crippen LogP) is 0.218. The summed E-state index contributed by atoms with van der Waals surface area (Å²) in [5, 5.41) is 6.12. The normalized spacial score (nSPS) is 22.6. The molecule has 0 saturated carbocycles. The molecule has 0 spiro atoms. The first-order valence-corrected chi connectivity index (χ1v) is 5.43. The van der Waals surface area contributed by atoms with Crippen LogP contribution >= 0.6 is 11.8 Å². The largest absolute Gasteiger partial charge is 0.354 e. The molecule has 1 aliphatic heterocycles. The molecule has 70 valence electrons. The molecular formula is C8H16N2OS. The fraction of sp³-hybridized carbons (Fsp3) is 0.875. The summed E-state index contributed by atoms with van der Waals surface area (Å²) < 4.78 is 0. The molecule has 1 unspecified atom stereocenters. The van der Waals surface area contributed by atoms with Gasteiger partial charge in [0, 0.05) is 13.1 Å². The van der Waals surface area contributed by atoms with Crippen LogP contribution in [0.1, 0.15) is 12.8 Å². The van der Waals surface area contributed by atoms with Crippen molar-refractivity contribution in [2.24, 2.45) is 0 Å². The number of hydrogen-bond acceptors (Lipinski definition) is 3. The maximum atomic E-state index is 11.4. The Labute approximate surface area is 77.7 Å². The summed E-state index contributed by atoms with van der Waals surface area (Å²) in [4.78, 5) is 11.4. The molecule has 1 aliphatic rings. The van der Waals surface area contributed by atoms with Crippen molar-refractivity contribution in [2.45, 2.75) is 18.1 Å². The minimum atomic E-state index is 0.216. The molecule has 0 aromatic rings. The van der Waals surface area contributed by atoms with Gasteiger partial charge in [-0.15, -0.1) is 11.8 Å². The molecule has 1 atom stereocenters. The molecule has 1 heterocycles. The van der Waals surface area contributed by atoms with Gasteiger partial charge >= 0.3 is 0 Å². The molecule has 1 saturated heterocycles. The zero-order valence-electron chi connectivity index (χ0n) is 7.43. The molecule has 0 aliphatic carbocycles. The number of likely N-dealkylation sites (N-methyl/N-ethyl adjacent to an activating group) is 1. The smallest absolute Gasteiger partial charge is 0.233 e. The van der Waals surface area contributed by atoms with Crippen molar-refractivity contribution in [3.8, 4) is 0 Å². The summed E-state index contributed by atoms with van der Waals surface area (Å²) in [5.74, 6) is 1.36. The second kappa shape index (κ2) is 5.43. The molecule has 1 amide bonds. The first kappa shape index (κ1) is 9.86. The average molecular weight is 188 g/mol. The SMILES string of the molecule is CNCCNC(=O)C1CCCS1. The Kier molecular flexibility index (Phi) is 4.46. The number of amides is 1. The summed E-state index contributed by atoms with van der Waals surface area (Å²) >= 11 is 1.78. The van der Waals surface area contributed by atoms with Gasteiger partial charge in [0.1, 0.15) is 0 Å². The summed E-state index contributed by atoms with van der Waals surface area (Å²) in [7, 11) is 1.89. The minimum Gasteiger partial charge on any atom is -0.354 e. The lowest BCUT2D eigenvalue weighted by atomic mass is 10.2. The van der Waals surface area contributed by atoms with Crippen LogP contribution in [0, 0.1) is 0 Å². The van der Waals surface area contributed by atoms with Crippen LogP contribution in [0.25, 0.3) is 0 Å². The molecule has 0 aromatic carbocycles. The Morgan fingerprint density at radius 2 is 2.42 bits per heavy atom. The van der Waals surface area contributed by atoms with Gasteiger partial charge in [-0.3, -0.25) is 4.79 Å².